The molecule has 3 nitrogen and oxygen atoms in total. The van der Waals surface area contributed by atoms with Crippen LogP contribution in [-0.2, 0) is 21.9 Å². The van der Waals surface area contributed by atoms with E-state index in [0.29, 0.717) is 0 Å². The summed E-state index contributed by atoms with van der Waals surface area (Å²) in [4.78, 5) is 18.3. The van der Waals surface area contributed by atoms with Gasteiger partial charge in [0.25, 0.3) is 0 Å². The molecule has 0 saturated heterocycles. The number of aromatic nitrogens is 2. The quantitative estimate of drug-likeness (QED) is 0.0399. The Morgan fingerprint density at radius 2 is 0.526 bits per heavy atom. The molecule has 418 valence electrons. The number of carbonyl (C=O) groups is 1. The van der Waals surface area contributed by atoms with Crippen molar-refractivity contribution in [2.45, 2.75) is 27.7 Å². The van der Waals surface area contributed by atoms with Crippen LogP contribution in [-0.4, -0.2) is 28.1 Å². The Hall–Kier alpha value is -5.42. The number of nitrogens with zero attached hydrogens (tertiary/aromatic N) is 2. The Labute approximate surface area is 420 Å². The number of halogens is 26. The fourth-order valence-corrected chi connectivity index (χ4v) is 13.1. The molecule has 0 atom stereocenters. The van der Waals surface area contributed by atoms with E-state index >= 15 is 0 Å². The van der Waals surface area contributed by atoms with Gasteiger partial charge in [0.2, 0.25) is 116 Å². The zero-order chi connectivity index (χ0) is 57.5. The Kier molecular flexibility index (Phi) is 19.9. The zero-order valence-corrected chi connectivity index (χ0v) is 41.1. The van der Waals surface area contributed by atoms with Crippen molar-refractivity contribution in [1.29, 1.82) is 0 Å². The fraction of sp³-hybridized carbons (Fsp3) is 0.140. The van der Waals surface area contributed by atoms with E-state index < -0.39 is 174 Å². The Bertz CT molecular complexity index is 2970. The number of ketones is 1. The molecule has 7 rings (SSSR count). The molecule has 0 amide bonds. The van der Waals surface area contributed by atoms with Crippen LogP contribution in [0.4, 0.5) is 113 Å². The van der Waals surface area contributed by atoms with Crippen molar-refractivity contribution in [3.63, 3.8) is 0 Å². The second-order valence-electron chi connectivity index (χ2n) is 15.2. The third kappa shape index (κ3) is 14.2. The average Bonchev–Trinajstić information content (AvgIpc) is 3.32. The largest absolute Gasteiger partial charge is 1.00 e. The minimum Gasteiger partial charge on any atom is -0.200 e. The fourth-order valence-electron chi connectivity index (χ4n) is 6.58. The molecule has 0 fully saturated rings. The van der Waals surface area contributed by atoms with E-state index in [1.807, 2.05) is 24.5 Å². The van der Waals surface area contributed by atoms with Gasteiger partial charge in [-0.2, -0.15) is 35.1 Å². The van der Waals surface area contributed by atoms with Crippen molar-refractivity contribution >= 4 is 72.5 Å². The summed E-state index contributed by atoms with van der Waals surface area (Å²) in [5.41, 5.74) is 4.49. The van der Waals surface area contributed by atoms with Gasteiger partial charge in [-0.1, -0.05) is 12.1 Å². The Morgan fingerprint density at radius 1 is 0.368 bits per heavy atom. The standard InChI is InChI=1S/C26H4F20P2.C14H12N2.C3H6O.Cu.F6P/c27-3-7(31)15(39)23(16(40)8(3)32)47(24-17(41)9(33)4(28)10(34)18(24)42)1-2-48(25-19(43)11(35)5(29)12(36)20(25)44)26-21(45)13(37)6(30)14(38)22(26)46;1-9-5-7-15-13-11(9)3-4-12-10(2)6-8-16-14(12)13;1-3(2)4;;1-7(2,3,4,5)6/h1-2H2;3-8H,1-2H3;1-2H3;;/q;;;+1;-1/p+2. The molecule has 0 spiro atoms. The van der Waals surface area contributed by atoms with Crippen molar-refractivity contribution in [3.05, 3.63) is 164 Å². The van der Waals surface area contributed by atoms with E-state index in [0.717, 1.165) is 11.0 Å². The van der Waals surface area contributed by atoms with Crippen LogP contribution in [0.1, 0.15) is 25.0 Å². The van der Waals surface area contributed by atoms with Crippen molar-refractivity contribution < 1.29 is 135 Å². The third-order valence-corrected chi connectivity index (χ3v) is 15.9. The maximum Gasteiger partial charge on any atom is 1.00 e. The third-order valence-electron chi connectivity index (χ3n) is 9.73. The molecule has 2 heterocycles. The molecule has 76 heavy (non-hydrogen) atoms. The molecular weight excluding hydrogens is 1210 g/mol. The van der Waals surface area contributed by atoms with Crippen LogP contribution >= 0.6 is 23.7 Å². The van der Waals surface area contributed by atoms with Crippen molar-refractivity contribution in [3.8, 4) is 0 Å². The first-order valence-corrected chi connectivity index (χ1v) is 25.0. The minimum absolute atomic E-state index is 0. The molecule has 0 aliphatic rings. The predicted octanol–water partition coefficient (Wildman–Crippen LogP) is 14.9. The van der Waals surface area contributed by atoms with Crippen LogP contribution in [0.2, 0.25) is 0 Å². The Balaban J connectivity index is 0.000000439. The van der Waals surface area contributed by atoms with E-state index in [9.17, 15) is 118 Å². The summed E-state index contributed by atoms with van der Waals surface area (Å²) >= 11 is 0. The van der Waals surface area contributed by atoms with Crippen molar-refractivity contribution in [2.75, 3.05) is 12.3 Å². The maximum atomic E-state index is 14.9. The molecule has 33 heteroatoms. The molecule has 7 aromatic rings. The van der Waals surface area contributed by atoms with Crippen LogP contribution < -0.4 is 21.2 Å². The molecule has 0 N–H and O–H groups in total. The van der Waals surface area contributed by atoms with Gasteiger partial charge in [0.05, 0.1) is 26.9 Å². The second-order valence-corrected chi connectivity index (χ2v) is 22.0. The van der Waals surface area contributed by atoms with E-state index in [4.69, 9.17) is 0 Å². The zero-order valence-electron chi connectivity index (χ0n) is 37.3. The number of fused-ring (bicyclic) bond motifs is 3. The maximum absolute atomic E-state index is 14.9. The normalized spacial score (nSPS) is 12.3. The van der Waals surface area contributed by atoms with Gasteiger partial charge in [0.1, 0.15) is 18.1 Å². The molecule has 0 aliphatic carbocycles. The minimum atomic E-state index is -10.7. The van der Waals surface area contributed by atoms with Gasteiger partial charge in [0.15, 0.2) is 21.2 Å². The first-order chi connectivity index (χ1) is 34.1. The number of Topliss-reactive ketones (excluding diaryl/α,β-unsaturated/α-hetero) is 1. The molecule has 0 bridgehead atoms. The average molecular weight is 1240 g/mol. The van der Waals surface area contributed by atoms with Crippen LogP contribution in [0.25, 0.3) is 21.8 Å². The first kappa shape index (κ1) is 64.9. The number of pyridine rings is 2. The first-order valence-electron chi connectivity index (χ1n) is 19.6. The van der Waals surface area contributed by atoms with E-state index in [-0.39, 0.29) is 22.9 Å². The number of aryl methyl sites for hydroxylation is 2. The van der Waals surface area contributed by atoms with Gasteiger partial charge in [-0.15, -0.1) is 0 Å². The van der Waals surface area contributed by atoms with Crippen LogP contribution in [0.3, 0.4) is 0 Å². The van der Waals surface area contributed by atoms with Crippen LogP contribution in [0, 0.1) is 130 Å². The Morgan fingerprint density at radius 3 is 0.697 bits per heavy atom. The topological polar surface area (TPSA) is 42.9 Å². The predicted molar refractivity (Wildman–Crippen MR) is 226 cm³/mol. The van der Waals surface area contributed by atoms with E-state index in [1.165, 1.54) is 35.7 Å². The molecule has 0 saturated carbocycles. The molecule has 0 unspecified atom stereocenters. The summed E-state index contributed by atoms with van der Waals surface area (Å²) < 4.78 is 346. The summed E-state index contributed by atoms with van der Waals surface area (Å²) in [7, 11) is -20.5. The van der Waals surface area contributed by atoms with Gasteiger partial charge in [-0.25, -0.2) is 52.7 Å². The summed E-state index contributed by atoms with van der Waals surface area (Å²) in [5, 5.41) is -7.08. The van der Waals surface area contributed by atoms with Gasteiger partial charge in [0, 0.05) is 23.2 Å². The molecule has 0 aliphatic heterocycles. The van der Waals surface area contributed by atoms with Crippen molar-refractivity contribution in [2.24, 2.45) is 0 Å². The van der Waals surface area contributed by atoms with E-state index in [2.05, 4.69) is 35.9 Å². The number of rotatable bonds is 7. The molecule has 0 radical (unpaired) electrons. The summed E-state index contributed by atoms with van der Waals surface area (Å²) in [5.74, 6) is -58.9. The number of hydrogen-bond donors (Lipinski definition) is 0. The summed E-state index contributed by atoms with van der Waals surface area (Å²) in [6.45, 7) is 7.26. The smallest absolute Gasteiger partial charge is 0.200 e. The monoisotopic (exact) mass is 1230 g/mol. The molecule has 5 aromatic carbocycles. The number of hydrogen-bond acceptors (Lipinski definition) is 3. The second kappa shape index (κ2) is 23.3. The SMILES string of the molecule is CC(C)=O.Cc1ccnc2c1ccc1c(C)ccnc12.F[P-](F)(F)(F)(F)F.Fc1c(F)c(F)c([PH+](CC[PH+](c2c(F)c(F)c(F)c(F)c2F)c2c(F)c(F)c(F)c(F)c2F)c2c(F)c(F)c(F)c(F)c2F)c(F)c1F.[Cu+]. The van der Waals surface area contributed by atoms with E-state index in [1.54, 1.807) is 0 Å². The summed E-state index contributed by atoms with van der Waals surface area (Å²) in [6, 6.07) is 8.33. The van der Waals surface area contributed by atoms with Crippen LogP contribution in [0.5, 0.6) is 0 Å². The van der Waals surface area contributed by atoms with Gasteiger partial charge in [-0.05, 0) is 51.0 Å². The number of benzene rings is 5. The van der Waals surface area contributed by atoms with Gasteiger partial charge in [-0.3, -0.25) is 9.97 Å². The van der Waals surface area contributed by atoms with Gasteiger partial charge < -0.3 is 4.79 Å². The number of carbonyl (C=O) groups excluding carboxylic acids is 1. The molecule has 2 aromatic heterocycles. The van der Waals surface area contributed by atoms with Crippen molar-refractivity contribution in [1.82, 2.24) is 9.97 Å². The van der Waals surface area contributed by atoms with Crippen LogP contribution in [0.15, 0.2) is 36.7 Å². The summed E-state index contributed by atoms with van der Waals surface area (Å²) in [6.07, 6.45) is -0.231. The molecular formula is C43H24CuF26N2OP3+2. The van der Waals surface area contributed by atoms with Gasteiger partial charge >= 0.3 is 50.1 Å².